The van der Waals surface area contributed by atoms with Crippen molar-refractivity contribution in [1.82, 2.24) is 14.1 Å². The molecule has 4 rings (SSSR count). The van der Waals surface area contributed by atoms with Gasteiger partial charge in [0.1, 0.15) is 5.15 Å². The van der Waals surface area contributed by atoms with Gasteiger partial charge in [0.15, 0.2) is 5.78 Å². The van der Waals surface area contributed by atoms with Gasteiger partial charge in [0.2, 0.25) is 10.0 Å². The molecule has 7 nitrogen and oxygen atoms in total. The summed E-state index contributed by atoms with van der Waals surface area (Å²) in [5, 5.41) is 4.93. The van der Waals surface area contributed by atoms with Gasteiger partial charge in [-0.3, -0.25) is 4.79 Å². The fourth-order valence-electron chi connectivity index (χ4n) is 3.60. The van der Waals surface area contributed by atoms with E-state index in [1.165, 1.54) is 34.6 Å². The molecule has 1 aromatic heterocycles. The van der Waals surface area contributed by atoms with E-state index >= 15 is 0 Å². The number of ether oxygens (including phenoxy) is 1. The summed E-state index contributed by atoms with van der Waals surface area (Å²) in [4.78, 5) is 12.8. The second-order valence-electron chi connectivity index (χ2n) is 7.67. The molecule has 2 aromatic carbocycles. The molecule has 1 saturated heterocycles. The topological polar surface area (TPSA) is 81.5 Å². The summed E-state index contributed by atoms with van der Waals surface area (Å²) in [5.41, 5.74) is 2.85. The fraction of sp³-hybridized carbons (Fsp3) is 0.250. The Labute approximate surface area is 198 Å². The molecule has 0 aliphatic carbocycles. The number of aromatic nitrogens is 2. The van der Waals surface area contributed by atoms with Crippen LogP contribution in [-0.4, -0.2) is 54.6 Å². The van der Waals surface area contributed by atoms with Crippen molar-refractivity contribution in [2.24, 2.45) is 0 Å². The number of hydrogen-bond acceptors (Lipinski definition) is 5. The molecule has 0 saturated carbocycles. The quantitative estimate of drug-likeness (QED) is 0.375. The second kappa shape index (κ2) is 10.0. The van der Waals surface area contributed by atoms with Crippen LogP contribution in [0, 0.1) is 6.92 Å². The third-order valence-electron chi connectivity index (χ3n) is 5.43. The minimum absolute atomic E-state index is 0.158. The Morgan fingerprint density at radius 2 is 1.76 bits per heavy atom. The number of carbonyl (C=O) groups excluding carboxylic acids is 1. The van der Waals surface area contributed by atoms with Gasteiger partial charge in [-0.1, -0.05) is 41.9 Å². The summed E-state index contributed by atoms with van der Waals surface area (Å²) in [6.45, 7) is 3.77. The van der Waals surface area contributed by atoms with Crippen molar-refractivity contribution in [3.05, 3.63) is 88.2 Å². The van der Waals surface area contributed by atoms with Gasteiger partial charge in [-0.15, -0.1) is 0 Å². The lowest BCUT2D eigenvalue weighted by atomic mass is 10.1. The molecule has 0 spiro atoms. The van der Waals surface area contributed by atoms with Gasteiger partial charge in [0.25, 0.3) is 0 Å². The zero-order valence-electron chi connectivity index (χ0n) is 18.1. The molecule has 3 aromatic rings. The maximum absolute atomic E-state index is 12.7. The number of hydrogen-bond donors (Lipinski definition) is 0. The predicted molar refractivity (Wildman–Crippen MR) is 127 cm³/mol. The number of aryl methyl sites for hydroxylation is 1. The van der Waals surface area contributed by atoms with Gasteiger partial charge in [-0.25, -0.2) is 13.1 Å². The van der Waals surface area contributed by atoms with Gasteiger partial charge in [0.05, 0.1) is 30.3 Å². The van der Waals surface area contributed by atoms with Crippen molar-refractivity contribution in [1.29, 1.82) is 0 Å². The molecule has 0 radical (unpaired) electrons. The number of benzene rings is 2. The van der Waals surface area contributed by atoms with Gasteiger partial charge < -0.3 is 4.74 Å². The number of halogens is 1. The Balaban J connectivity index is 1.48. The van der Waals surface area contributed by atoms with Crippen molar-refractivity contribution >= 4 is 33.5 Å². The highest BCUT2D eigenvalue weighted by atomic mass is 35.5. The molecular weight excluding hydrogens is 462 g/mol. The van der Waals surface area contributed by atoms with Crippen LogP contribution in [0.4, 0.5) is 0 Å². The molecule has 0 N–H and O–H groups in total. The van der Waals surface area contributed by atoms with E-state index in [9.17, 15) is 13.2 Å². The zero-order valence-corrected chi connectivity index (χ0v) is 19.7. The molecule has 0 unspecified atom stereocenters. The summed E-state index contributed by atoms with van der Waals surface area (Å²) in [5.74, 6) is -0.253. The number of allylic oxidation sites excluding steroid dienone is 1. The van der Waals surface area contributed by atoms with E-state index in [1.807, 2.05) is 37.3 Å². The molecule has 0 atom stereocenters. The number of morpholine rings is 1. The average molecular weight is 486 g/mol. The standard InChI is InChI=1S/C24H24ClN3O4S/c1-18-22(24(25)28(26-18)17-19-5-3-2-4-6-19)11-12-23(29)20-7-9-21(10-8-20)33(30,31)27-13-15-32-16-14-27/h2-12H,13-17H2,1H3/b12-11+. The molecule has 0 bridgehead atoms. The Hall–Kier alpha value is -2.78. The van der Waals surface area contributed by atoms with Gasteiger partial charge >= 0.3 is 0 Å². The van der Waals surface area contributed by atoms with Crippen LogP contribution in [0.2, 0.25) is 5.15 Å². The van der Waals surface area contributed by atoms with Crippen LogP contribution in [-0.2, 0) is 21.3 Å². The first kappa shape index (κ1) is 23.4. The van der Waals surface area contributed by atoms with Crippen molar-refractivity contribution < 1.29 is 17.9 Å². The fourth-order valence-corrected chi connectivity index (χ4v) is 5.31. The van der Waals surface area contributed by atoms with Crippen LogP contribution in [0.1, 0.15) is 27.2 Å². The lowest BCUT2D eigenvalue weighted by Crippen LogP contribution is -2.40. The Kier molecular flexibility index (Phi) is 7.09. The molecule has 0 amide bonds. The molecular formula is C24H24ClN3O4S. The number of nitrogens with zero attached hydrogens (tertiary/aromatic N) is 3. The number of sulfonamides is 1. The van der Waals surface area contributed by atoms with E-state index in [-0.39, 0.29) is 10.7 Å². The van der Waals surface area contributed by atoms with Crippen molar-refractivity contribution in [2.45, 2.75) is 18.4 Å². The van der Waals surface area contributed by atoms with Crippen molar-refractivity contribution in [3.8, 4) is 0 Å². The smallest absolute Gasteiger partial charge is 0.243 e. The van der Waals surface area contributed by atoms with Crippen molar-refractivity contribution in [3.63, 3.8) is 0 Å². The highest BCUT2D eigenvalue weighted by molar-refractivity contribution is 7.89. The highest BCUT2D eigenvalue weighted by Crippen LogP contribution is 2.23. The van der Waals surface area contributed by atoms with Crippen LogP contribution in [0.3, 0.4) is 0 Å². The molecule has 1 aliphatic heterocycles. The van der Waals surface area contributed by atoms with E-state index in [0.29, 0.717) is 54.8 Å². The Morgan fingerprint density at radius 3 is 2.42 bits per heavy atom. The third-order valence-corrected chi connectivity index (χ3v) is 7.74. The first-order chi connectivity index (χ1) is 15.9. The lowest BCUT2D eigenvalue weighted by molar-refractivity contribution is 0.0730. The third kappa shape index (κ3) is 5.25. The summed E-state index contributed by atoms with van der Waals surface area (Å²) >= 11 is 6.51. The maximum atomic E-state index is 12.7. The van der Waals surface area contributed by atoms with Crippen molar-refractivity contribution in [2.75, 3.05) is 26.3 Å². The normalized spacial score (nSPS) is 15.2. The summed E-state index contributed by atoms with van der Waals surface area (Å²) in [6.07, 6.45) is 3.07. The minimum atomic E-state index is -3.60. The van der Waals surface area contributed by atoms with E-state index in [4.69, 9.17) is 16.3 Å². The van der Waals surface area contributed by atoms with Crippen LogP contribution in [0.15, 0.2) is 65.6 Å². The minimum Gasteiger partial charge on any atom is -0.379 e. The van der Waals surface area contributed by atoms with E-state index in [1.54, 1.807) is 10.8 Å². The molecule has 2 heterocycles. The number of ketones is 1. The highest BCUT2D eigenvalue weighted by Gasteiger charge is 2.26. The molecule has 1 aliphatic rings. The summed E-state index contributed by atoms with van der Waals surface area (Å²) < 4.78 is 33.8. The second-order valence-corrected chi connectivity index (χ2v) is 9.97. The molecule has 9 heteroatoms. The molecule has 172 valence electrons. The lowest BCUT2D eigenvalue weighted by Gasteiger charge is -2.26. The summed E-state index contributed by atoms with van der Waals surface area (Å²) in [7, 11) is -3.60. The Morgan fingerprint density at radius 1 is 1.09 bits per heavy atom. The van der Waals surface area contributed by atoms with Gasteiger partial charge in [-0.2, -0.15) is 9.40 Å². The predicted octanol–water partition coefficient (Wildman–Crippen LogP) is 3.81. The van der Waals surface area contributed by atoms with Crippen LogP contribution < -0.4 is 0 Å². The Bertz CT molecular complexity index is 1260. The van der Waals surface area contributed by atoms with Crippen LogP contribution in [0.5, 0.6) is 0 Å². The number of carbonyl (C=O) groups is 1. The SMILES string of the molecule is Cc1nn(Cc2ccccc2)c(Cl)c1/C=C/C(=O)c1ccc(S(=O)(=O)N2CCOCC2)cc1. The van der Waals surface area contributed by atoms with E-state index in [2.05, 4.69) is 5.10 Å². The maximum Gasteiger partial charge on any atom is 0.243 e. The largest absolute Gasteiger partial charge is 0.379 e. The van der Waals surface area contributed by atoms with Gasteiger partial charge in [-0.05, 0) is 48.9 Å². The van der Waals surface area contributed by atoms with Gasteiger partial charge in [0, 0.05) is 24.2 Å². The van der Waals surface area contributed by atoms with Crippen LogP contribution in [0.25, 0.3) is 6.08 Å². The number of rotatable bonds is 7. The monoisotopic (exact) mass is 485 g/mol. The average Bonchev–Trinajstić information content (AvgIpc) is 3.10. The zero-order chi connectivity index (χ0) is 23.4. The molecule has 33 heavy (non-hydrogen) atoms. The van der Waals surface area contributed by atoms with E-state index < -0.39 is 10.0 Å². The molecule has 1 fully saturated rings. The van der Waals surface area contributed by atoms with Crippen LogP contribution >= 0.6 is 11.6 Å². The van der Waals surface area contributed by atoms with E-state index in [0.717, 1.165) is 5.56 Å². The summed E-state index contributed by atoms with van der Waals surface area (Å²) in [6, 6.07) is 15.8. The first-order valence-corrected chi connectivity index (χ1v) is 12.4. The first-order valence-electron chi connectivity index (χ1n) is 10.5.